The van der Waals surface area contributed by atoms with Gasteiger partial charge >= 0.3 is 0 Å². The Morgan fingerprint density at radius 3 is 2.43 bits per heavy atom. The first-order chi connectivity index (χ1) is 14.4. The number of aromatic nitrogens is 4. The molecule has 0 radical (unpaired) electrons. The third-order valence-corrected chi connectivity index (χ3v) is 5.25. The number of nitrogens with zero attached hydrogens (tertiary/aromatic N) is 6. The average Bonchev–Trinajstić information content (AvgIpc) is 3.30. The molecular weight excluding hydrogens is 404 g/mol. The van der Waals surface area contributed by atoms with Crippen molar-refractivity contribution in [3.63, 3.8) is 0 Å². The van der Waals surface area contributed by atoms with Gasteiger partial charge in [0.25, 0.3) is 5.91 Å². The van der Waals surface area contributed by atoms with Gasteiger partial charge in [0.15, 0.2) is 5.60 Å². The van der Waals surface area contributed by atoms with E-state index >= 15 is 0 Å². The molecule has 0 bridgehead atoms. The van der Waals surface area contributed by atoms with Gasteiger partial charge in [-0.25, -0.2) is 15.0 Å². The first-order valence-electron chi connectivity index (χ1n) is 9.72. The van der Waals surface area contributed by atoms with E-state index in [0.717, 1.165) is 11.6 Å². The number of rotatable bonds is 5. The lowest BCUT2D eigenvalue weighted by atomic mass is 10.1. The fourth-order valence-corrected chi connectivity index (χ4v) is 3.53. The maximum absolute atomic E-state index is 13.1. The van der Waals surface area contributed by atoms with Crippen LogP contribution in [0.15, 0.2) is 55.4 Å². The van der Waals surface area contributed by atoms with Crippen molar-refractivity contribution in [2.45, 2.75) is 19.4 Å². The Morgan fingerprint density at radius 2 is 1.77 bits per heavy atom. The molecule has 3 heterocycles. The van der Waals surface area contributed by atoms with Crippen LogP contribution < -0.4 is 9.64 Å². The summed E-state index contributed by atoms with van der Waals surface area (Å²) in [6.07, 6.45) is 6.79. The van der Waals surface area contributed by atoms with E-state index in [1.165, 1.54) is 0 Å². The second-order valence-electron chi connectivity index (χ2n) is 7.55. The van der Waals surface area contributed by atoms with Gasteiger partial charge in [0.2, 0.25) is 0 Å². The van der Waals surface area contributed by atoms with Gasteiger partial charge in [0, 0.05) is 49.7 Å². The molecule has 1 aromatic carbocycles. The van der Waals surface area contributed by atoms with Crippen molar-refractivity contribution < 1.29 is 9.53 Å². The molecule has 4 rings (SSSR count). The SMILES string of the molecule is CC(C)(Oc1ccc(Cl)cc1)C(=O)N1CCN(c2cc(-n3ccnc3)ncn2)CC1. The third kappa shape index (κ3) is 4.38. The fourth-order valence-electron chi connectivity index (χ4n) is 3.41. The smallest absolute Gasteiger partial charge is 0.266 e. The van der Waals surface area contributed by atoms with Crippen LogP contribution in [-0.2, 0) is 4.79 Å². The highest BCUT2D eigenvalue weighted by Crippen LogP contribution is 2.23. The van der Waals surface area contributed by atoms with E-state index in [1.807, 2.05) is 21.7 Å². The van der Waals surface area contributed by atoms with Gasteiger partial charge in [-0.1, -0.05) is 11.6 Å². The fraction of sp³-hybridized carbons (Fsp3) is 0.333. The molecule has 0 aliphatic carbocycles. The highest BCUT2D eigenvalue weighted by Gasteiger charge is 2.36. The molecule has 2 aromatic heterocycles. The molecule has 0 N–H and O–H groups in total. The van der Waals surface area contributed by atoms with E-state index in [9.17, 15) is 4.79 Å². The summed E-state index contributed by atoms with van der Waals surface area (Å²) in [4.78, 5) is 29.8. The number of hydrogen-bond donors (Lipinski definition) is 0. The summed E-state index contributed by atoms with van der Waals surface area (Å²) >= 11 is 5.92. The van der Waals surface area contributed by atoms with Crippen LogP contribution in [0.25, 0.3) is 5.82 Å². The number of piperazine rings is 1. The van der Waals surface area contributed by atoms with Crippen LogP contribution >= 0.6 is 11.6 Å². The quantitative estimate of drug-likeness (QED) is 0.624. The largest absolute Gasteiger partial charge is 0.478 e. The zero-order chi connectivity index (χ0) is 21.1. The van der Waals surface area contributed by atoms with E-state index in [2.05, 4.69) is 19.9 Å². The van der Waals surface area contributed by atoms with Crippen molar-refractivity contribution in [2.24, 2.45) is 0 Å². The van der Waals surface area contributed by atoms with Gasteiger partial charge < -0.3 is 14.5 Å². The highest BCUT2D eigenvalue weighted by atomic mass is 35.5. The molecule has 0 unspecified atom stereocenters. The lowest BCUT2D eigenvalue weighted by Gasteiger charge is -2.39. The van der Waals surface area contributed by atoms with Crippen LogP contribution in [0.1, 0.15) is 13.8 Å². The van der Waals surface area contributed by atoms with Crippen LogP contribution in [-0.4, -0.2) is 62.1 Å². The zero-order valence-corrected chi connectivity index (χ0v) is 17.7. The maximum Gasteiger partial charge on any atom is 0.266 e. The lowest BCUT2D eigenvalue weighted by Crippen LogP contribution is -2.56. The van der Waals surface area contributed by atoms with Gasteiger partial charge in [-0.3, -0.25) is 9.36 Å². The highest BCUT2D eigenvalue weighted by molar-refractivity contribution is 6.30. The van der Waals surface area contributed by atoms with Crippen LogP contribution in [0.3, 0.4) is 0 Å². The minimum Gasteiger partial charge on any atom is -0.478 e. The molecule has 156 valence electrons. The minimum absolute atomic E-state index is 0.0427. The minimum atomic E-state index is -0.973. The Kier molecular flexibility index (Phi) is 5.59. The summed E-state index contributed by atoms with van der Waals surface area (Å²) in [7, 11) is 0. The van der Waals surface area contributed by atoms with Crippen LogP contribution in [0.2, 0.25) is 5.02 Å². The van der Waals surface area contributed by atoms with Gasteiger partial charge in [-0.2, -0.15) is 0 Å². The molecule has 3 aromatic rings. The summed E-state index contributed by atoms with van der Waals surface area (Å²) in [6, 6.07) is 8.95. The summed E-state index contributed by atoms with van der Waals surface area (Å²) < 4.78 is 7.78. The van der Waals surface area contributed by atoms with E-state index in [1.54, 1.807) is 57.0 Å². The summed E-state index contributed by atoms with van der Waals surface area (Å²) in [5.74, 6) is 2.16. The van der Waals surface area contributed by atoms with Gasteiger partial charge in [0.1, 0.15) is 30.0 Å². The number of imidazole rings is 1. The number of benzene rings is 1. The first-order valence-corrected chi connectivity index (χ1v) is 10.1. The molecule has 0 saturated carbocycles. The van der Waals surface area contributed by atoms with Crippen LogP contribution in [0.5, 0.6) is 5.75 Å². The molecule has 0 atom stereocenters. The van der Waals surface area contributed by atoms with Gasteiger partial charge in [0.05, 0.1) is 0 Å². The van der Waals surface area contributed by atoms with Crippen molar-refractivity contribution in [1.82, 2.24) is 24.4 Å². The van der Waals surface area contributed by atoms with E-state index in [4.69, 9.17) is 16.3 Å². The maximum atomic E-state index is 13.1. The normalized spacial score (nSPS) is 14.6. The topological polar surface area (TPSA) is 76.4 Å². The van der Waals surface area contributed by atoms with E-state index in [0.29, 0.717) is 37.0 Å². The van der Waals surface area contributed by atoms with Crippen LogP contribution in [0, 0.1) is 0 Å². The molecule has 1 saturated heterocycles. The number of halogens is 1. The number of carbonyl (C=O) groups excluding carboxylic acids is 1. The molecule has 1 aliphatic rings. The van der Waals surface area contributed by atoms with Crippen LogP contribution in [0.4, 0.5) is 5.82 Å². The number of hydrogen-bond acceptors (Lipinski definition) is 6. The Labute approximate surface area is 180 Å². The number of amides is 1. The van der Waals surface area contributed by atoms with Crippen molar-refractivity contribution >= 4 is 23.3 Å². The summed E-state index contributed by atoms with van der Waals surface area (Å²) in [5, 5.41) is 0.628. The molecule has 1 fully saturated rings. The number of carbonyl (C=O) groups is 1. The monoisotopic (exact) mass is 426 g/mol. The van der Waals surface area contributed by atoms with Gasteiger partial charge in [-0.15, -0.1) is 0 Å². The first kappa shape index (κ1) is 20.2. The predicted molar refractivity (Wildman–Crippen MR) is 114 cm³/mol. The van der Waals surface area contributed by atoms with Crippen molar-refractivity contribution in [3.8, 4) is 11.6 Å². The third-order valence-electron chi connectivity index (χ3n) is 5.00. The van der Waals surface area contributed by atoms with E-state index < -0.39 is 5.60 Å². The molecule has 9 heteroatoms. The van der Waals surface area contributed by atoms with E-state index in [-0.39, 0.29) is 5.91 Å². The van der Waals surface area contributed by atoms with Crippen molar-refractivity contribution in [3.05, 3.63) is 60.4 Å². The molecule has 1 amide bonds. The predicted octanol–water partition coefficient (Wildman–Crippen LogP) is 2.82. The Bertz CT molecular complexity index is 999. The van der Waals surface area contributed by atoms with Gasteiger partial charge in [-0.05, 0) is 38.1 Å². The Balaban J connectivity index is 1.38. The molecular formula is C21H23ClN6O2. The Morgan fingerprint density at radius 1 is 1.07 bits per heavy atom. The number of anilines is 1. The molecule has 0 spiro atoms. The second kappa shape index (κ2) is 8.31. The standard InChI is InChI=1S/C21H23ClN6O2/c1-21(2,30-17-5-3-16(22)4-6-17)20(29)27-11-9-26(10-12-27)18-13-19(25-14-24-18)28-8-7-23-15-28/h3-8,13-15H,9-12H2,1-2H3. The zero-order valence-electron chi connectivity index (χ0n) is 16.9. The summed E-state index contributed by atoms with van der Waals surface area (Å²) in [5.41, 5.74) is -0.973. The summed E-state index contributed by atoms with van der Waals surface area (Å²) in [6.45, 7) is 6.13. The van der Waals surface area contributed by atoms with Crippen molar-refractivity contribution in [1.29, 1.82) is 0 Å². The lowest BCUT2D eigenvalue weighted by molar-refractivity contribution is -0.145. The molecule has 30 heavy (non-hydrogen) atoms. The van der Waals surface area contributed by atoms with Crippen molar-refractivity contribution in [2.75, 3.05) is 31.1 Å². The number of ether oxygens (including phenoxy) is 1. The Hall–Kier alpha value is -3.13. The average molecular weight is 427 g/mol. The second-order valence-corrected chi connectivity index (χ2v) is 7.99. The molecule has 8 nitrogen and oxygen atoms in total. The molecule has 1 aliphatic heterocycles.